The molecule has 1 saturated heterocycles. The van der Waals surface area contributed by atoms with Gasteiger partial charge in [0.2, 0.25) is 0 Å². The van der Waals surface area contributed by atoms with E-state index < -0.39 is 0 Å². The van der Waals surface area contributed by atoms with Gasteiger partial charge >= 0.3 is 0 Å². The highest BCUT2D eigenvalue weighted by Gasteiger charge is 2.17. The summed E-state index contributed by atoms with van der Waals surface area (Å²) in [6.45, 7) is 2.25. The number of hydrogen-bond acceptors (Lipinski definition) is 6. The van der Waals surface area contributed by atoms with E-state index in [9.17, 15) is 4.79 Å². The first-order valence-electron chi connectivity index (χ1n) is 7.35. The van der Waals surface area contributed by atoms with Crippen LogP contribution in [0.15, 0.2) is 23.3 Å². The van der Waals surface area contributed by atoms with Crippen molar-refractivity contribution in [2.75, 3.05) is 40.0 Å². The van der Waals surface area contributed by atoms with E-state index in [2.05, 4.69) is 22.7 Å². The molecule has 0 radical (unpaired) electrons. The van der Waals surface area contributed by atoms with Gasteiger partial charge in [0.05, 0.1) is 26.5 Å². The molecule has 0 bridgehead atoms. The van der Waals surface area contributed by atoms with E-state index >= 15 is 0 Å². The van der Waals surface area contributed by atoms with Crippen molar-refractivity contribution in [1.29, 1.82) is 0 Å². The fourth-order valence-electron chi connectivity index (χ4n) is 2.10. The summed E-state index contributed by atoms with van der Waals surface area (Å²) in [4.78, 5) is 13.8. The van der Waals surface area contributed by atoms with Crippen molar-refractivity contribution < 1.29 is 19.0 Å². The number of hydrogen-bond donors (Lipinski definition) is 2. The van der Waals surface area contributed by atoms with E-state index in [1.807, 2.05) is 0 Å². The number of carbonyl (C=O) groups is 1. The first kappa shape index (κ1) is 18.0. The van der Waals surface area contributed by atoms with Gasteiger partial charge in [0, 0.05) is 13.1 Å². The minimum Gasteiger partial charge on any atom is -0.493 e. The van der Waals surface area contributed by atoms with Crippen LogP contribution in [-0.4, -0.2) is 62.2 Å². The smallest absolute Gasteiger partial charge is 0.260 e. The average Bonchev–Trinajstić information content (AvgIpc) is 2.60. The fraction of sp³-hybridized carbons (Fsp3) is 0.400. The molecule has 0 aliphatic carbocycles. The highest BCUT2D eigenvalue weighted by Crippen LogP contribution is 2.27. The lowest BCUT2D eigenvalue weighted by molar-refractivity contribution is -0.137. The summed E-state index contributed by atoms with van der Waals surface area (Å²) in [6.07, 6.45) is 1.55. The summed E-state index contributed by atoms with van der Waals surface area (Å²) >= 11 is 4.66. The molecule has 130 valence electrons. The van der Waals surface area contributed by atoms with Crippen molar-refractivity contribution in [2.45, 2.75) is 0 Å². The number of nitrogens with one attached hydrogen (secondary N) is 1. The van der Waals surface area contributed by atoms with E-state index in [1.165, 1.54) is 7.11 Å². The van der Waals surface area contributed by atoms with Crippen LogP contribution in [0.2, 0.25) is 0 Å². The number of ether oxygens (including phenoxy) is 3. The maximum atomic E-state index is 12.1. The Labute approximate surface area is 145 Å². The monoisotopic (exact) mass is 352 g/mol. The van der Waals surface area contributed by atoms with Crippen LogP contribution in [0.25, 0.3) is 0 Å². The predicted octanol–water partition coefficient (Wildman–Crippen LogP) is 0.0999. The minimum absolute atomic E-state index is 0.0488. The molecule has 2 rings (SSSR count). The lowest BCUT2D eigenvalue weighted by Crippen LogP contribution is -2.43. The van der Waals surface area contributed by atoms with Gasteiger partial charge in [-0.3, -0.25) is 10.2 Å². The molecule has 0 aromatic heterocycles. The second-order valence-electron chi connectivity index (χ2n) is 4.93. The summed E-state index contributed by atoms with van der Waals surface area (Å²) < 4.78 is 16.1. The van der Waals surface area contributed by atoms with Crippen LogP contribution in [-0.2, 0) is 9.53 Å². The van der Waals surface area contributed by atoms with E-state index in [0.29, 0.717) is 37.8 Å². The van der Waals surface area contributed by atoms with Crippen LogP contribution in [0.4, 0.5) is 0 Å². The summed E-state index contributed by atoms with van der Waals surface area (Å²) in [5, 5.41) is 3.95. The quantitative estimate of drug-likeness (QED) is 0.426. The van der Waals surface area contributed by atoms with Gasteiger partial charge in [0.25, 0.3) is 5.91 Å². The Morgan fingerprint density at radius 3 is 2.88 bits per heavy atom. The molecule has 1 aliphatic heterocycles. The Kier molecular flexibility index (Phi) is 6.76. The first-order valence-corrected chi connectivity index (χ1v) is 7.76. The van der Waals surface area contributed by atoms with E-state index in [-0.39, 0.29) is 17.6 Å². The number of thiocarbonyl (C=S) groups is 1. The maximum Gasteiger partial charge on any atom is 0.260 e. The maximum absolute atomic E-state index is 12.1. The molecule has 1 heterocycles. The Balaban J connectivity index is 1.95. The number of methoxy groups -OCH3 is 1. The topological polar surface area (TPSA) is 98.4 Å². The number of carbonyl (C=O) groups excluding carboxylic acids is 1. The summed E-state index contributed by atoms with van der Waals surface area (Å²) in [7, 11) is 1.53. The van der Waals surface area contributed by atoms with Crippen LogP contribution in [0.1, 0.15) is 5.56 Å². The van der Waals surface area contributed by atoms with Gasteiger partial charge in [-0.15, -0.1) is 0 Å². The van der Waals surface area contributed by atoms with Crippen molar-refractivity contribution in [1.82, 2.24) is 10.3 Å². The molecule has 24 heavy (non-hydrogen) atoms. The van der Waals surface area contributed by atoms with Crippen LogP contribution in [0.3, 0.4) is 0 Å². The SMILES string of the molecule is COc1cc(/C=N\NC(N)=S)ccc1OCC(=O)N1CCOCC1. The minimum atomic E-state index is -0.0772. The Hall–Kier alpha value is -2.39. The Morgan fingerprint density at radius 2 is 2.21 bits per heavy atom. The van der Waals surface area contributed by atoms with Crippen LogP contribution >= 0.6 is 12.2 Å². The van der Waals surface area contributed by atoms with Crippen molar-refractivity contribution in [3.63, 3.8) is 0 Å². The summed E-state index contributed by atoms with van der Waals surface area (Å²) in [5.41, 5.74) is 8.52. The third-order valence-corrected chi connectivity index (χ3v) is 3.38. The van der Waals surface area contributed by atoms with Crippen molar-refractivity contribution in [3.05, 3.63) is 23.8 Å². The second kappa shape index (κ2) is 9.04. The number of nitrogens with zero attached hydrogens (tertiary/aromatic N) is 2. The average molecular weight is 352 g/mol. The third kappa shape index (κ3) is 5.36. The molecule has 8 nitrogen and oxygen atoms in total. The predicted molar refractivity (Wildman–Crippen MR) is 93.4 cm³/mol. The fourth-order valence-corrected chi connectivity index (χ4v) is 2.15. The van der Waals surface area contributed by atoms with E-state index in [0.717, 1.165) is 5.56 Å². The molecule has 1 aromatic carbocycles. The number of amides is 1. The summed E-state index contributed by atoms with van der Waals surface area (Å²) in [6, 6.07) is 5.23. The van der Waals surface area contributed by atoms with E-state index in [1.54, 1.807) is 29.3 Å². The van der Waals surface area contributed by atoms with Gasteiger partial charge in [0.1, 0.15) is 0 Å². The third-order valence-electron chi connectivity index (χ3n) is 3.29. The molecule has 9 heteroatoms. The molecule has 1 aromatic rings. The number of benzene rings is 1. The lowest BCUT2D eigenvalue weighted by atomic mass is 10.2. The molecule has 1 amide bonds. The zero-order valence-electron chi connectivity index (χ0n) is 13.4. The largest absolute Gasteiger partial charge is 0.493 e. The van der Waals surface area contributed by atoms with E-state index in [4.69, 9.17) is 19.9 Å². The zero-order chi connectivity index (χ0) is 17.4. The molecule has 3 N–H and O–H groups in total. The van der Waals surface area contributed by atoms with Crippen molar-refractivity contribution in [2.24, 2.45) is 10.8 Å². The standard InChI is InChI=1S/C15H20N4O4S/c1-21-13-8-11(9-17-18-15(16)24)2-3-12(13)23-10-14(20)19-4-6-22-7-5-19/h2-3,8-9H,4-7,10H2,1H3,(H3,16,18,24)/b17-9-. The molecule has 1 aliphatic rings. The molecule has 0 spiro atoms. The molecule has 1 fully saturated rings. The van der Waals surface area contributed by atoms with Gasteiger partial charge in [0.15, 0.2) is 23.2 Å². The zero-order valence-corrected chi connectivity index (χ0v) is 14.2. The molecule has 0 atom stereocenters. The van der Waals surface area contributed by atoms with Gasteiger partial charge in [-0.05, 0) is 36.0 Å². The number of morpholine rings is 1. The first-order chi connectivity index (χ1) is 11.6. The van der Waals surface area contributed by atoms with Crippen LogP contribution in [0, 0.1) is 0 Å². The van der Waals surface area contributed by atoms with Crippen LogP contribution in [0.5, 0.6) is 11.5 Å². The molecule has 0 unspecified atom stereocenters. The molecular formula is C15H20N4O4S. The Bertz CT molecular complexity index is 617. The Morgan fingerprint density at radius 1 is 1.46 bits per heavy atom. The summed E-state index contributed by atoms with van der Waals surface area (Å²) in [5.74, 6) is 0.911. The highest BCUT2D eigenvalue weighted by atomic mass is 32.1. The molecular weight excluding hydrogens is 332 g/mol. The normalized spacial score (nSPS) is 14.5. The number of nitrogens with two attached hydrogens (primary N) is 1. The molecule has 0 saturated carbocycles. The highest BCUT2D eigenvalue weighted by molar-refractivity contribution is 7.80. The van der Waals surface area contributed by atoms with Gasteiger partial charge in [-0.2, -0.15) is 5.10 Å². The lowest BCUT2D eigenvalue weighted by Gasteiger charge is -2.26. The van der Waals surface area contributed by atoms with Crippen molar-refractivity contribution in [3.8, 4) is 11.5 Å². The van der Waals surface area contributed by atoms with Gasteiger partial charge in [-0.1, -0.05) is 0 Å². The second-order valence-corrected chi connectivity index (χ2v) is 5.37. The van der Waals surface area contributed by atoms with Gasteiger partial charge < -0.3 is 24.8 Å². The van der Waals surface area contributed by atoms with Crippen LogP contribution < -0.4 is 20.6 Å². The number of hydrazone groups is 1. The van der Waals surface area contributed by atoms with Gasteiger partial charge in [-0.25, -0.2) is 0 Å². The number of rotatable bonds is 6. The van der Waals surface area contributed by atoms with Crippen molar-refractivity contribution >= 4 is 29.5 Å².